The second-order valence-corrected chi connectivity index (χ2v) is 11.9. The minimum absolute atomic E-state index is 0.192. The standard InChI is InChI=1S/C30H30IOS/c1-19-15-21(3)29(22(4)16-19)33(30-23(5)17-20(2)18-24(30)6)28-13-11-27(12-14-28)32-26-9-7-25(31)8-10-26/h7-18H,1-6H3/q+1. The summed E-state index contributed by atoms with van der Waals surface area (Å²) in [6.45, 7) is 13.4. The van der Waals surface area contributed by atoms with Crippen molar-refractivity contribution in [1.29, 1.82) is 0 Å². The lowest BCUT2D eigenvalue weighted by Gasteiger charge is -2.17. The zero-order valence-corrected chi connectivity index (χ0v) is 23.1. The Hall–Kier alpha value is -2.24. The maximum atomic E-state index is 6.11. The number of aryl methyl sites for hydroxylation is 6. The molecule has 0 radical (unpaired) electrons. The van der Waals surface area contributed by atoms with Crippen molar-refractivity contribution in [3.8, 4) is 11.5 Å². The highest BCUT2D eigenvalue weighted by atomic mass is 127. The Kier molecular flexibility index (Phi) is 7.20. The minimum Gasteiger partial charge on any atom is -0.457 e. The molecule has 0 heterocycles. The van der Waals surface area contributed by atoms with Crippen LogP contribution in [0.3, 0.4) is 0 Å². The molecular formula is C30H30IOS+. The third kappa shape index (κ3) is 5.30. The summed E-state index contributed by atoms with van der Waals surface area (Å²) < 4.78 is 7.31. The van der Waals surface area contributed by atoms with Crippen LogP contribution in [0.4, 0.5) is 0 Å². The highest BCUT2D eigenvalue weighted by Gasteiger charge is 2.35. The van der Waals surface area contributed by atoms with Crippen LogP contribution in [0, 0.1) is 45.1 Å². The zero-order chi connectivity index (χ0) is 23.7. The average molecular weight is 566 g/mol. The quantitative estimate of drug-likeness (QED) is 0.173. The van der Waals surface area contributed by atoms with E-state index in [-0.39, 0.29) is 10.9 Å². The first-order chi connectivity index (χ1) is 15.7. The highest BCUT2D eigenvalue weighted by Crippen LogP contribution is 2.40. The molecule has 0 aliphatic heterocycles. The topological polar surface area (TPSA) is 9.23 Å². The van der Waals surface area contributed by atoms with Gasteiger partial charge in [0, 0.05) is 25.8 Å². The van der Waals surface area contributed by atoms with Crippen molar-refractivity contribution in [2.24, 2.45) is 0 Å². The summed E-state index contributed by atoms with van der Waals surface area (Å²) >= 11 is 2.31. The largest absolute Gasteiger partial charge is 0.457 e. The molecule has 4 aromatic rings. The van der Waals surface area contributed by atoms with Crippen molar-refractivity contribution in [3.63, 3.8) is 0 Å². The van der Waals surface area contributed by atoms with Gasteiger partial charge in [0.1, 0.15) is 22.4 Å². The van der Waals surface area contributed by atoms with E-state index in [1.165, 1.54) is 51.6 Å². The van der Waals surface area contributed by atoms with Gasteiger partial charge in [-0.2, -0.15) is 0 Å². The van der Waals surface area contributed by atoms with Gasteiger partial charge in [0.25, 0.3) is 0 Å². The molecule has 0 saturated heterocycles. The van der Waals surface area contributed by atoms with E-state index in [4.69, 9.17) is 4.74 Å². The van der Waals surface area contributed by atoms with Gasteiger partial charge in [-0.3, -0.25) is 0 Å². The number of benzene rings is 4. The number of hydrogen-bond acceptors (Lipinski definition) is 1. The van der Waals surface area contributed by atoms with Crippen LogP contribution in [0.5, 0.6) is 11.5 Å². The van der Waals surface area contributed by atoms with Crippen molar-refractivity contribution in [1.82, 2.24) is 0 Å². The summed E-state index contributed by atoms with van der Waals surface area (Å²) in [6.07, 6.45) is 0. The predicted octanol–water partition coefficient (Wildman–Crippen LogP) is 9.03. The first kappa shape index (κ1) is 23.9. The molecule has 0 aliphatic rings. The second-order valence-electron chi connectivity index (χ2n) is 8.79. The molecule has 0 N–H and O–H groups in total. The molecule has 3 heteroatoms. The van der Waals surface area contributed by atoms with Crippen molar-refractivity contribution >= 4 is 33.5 Å². The van der Waals surface area contributed by atoms with Gasteiger partial charge in [-0.15, -0.1) is 0 Å². The van der Waals surface area contributed by atoms with Crippen LogP contribution in [0.2, 0.25) is 0 Å². The summed E-state index contributed by atoms with van der Waals surface area (Å²) in [5, 5.41) is 0. The molecule has 1 nitrogen and oxygen atoms in total. The molecule has 0 spiro atoms. The fourth-order valence-electron chi connectivity index (χ4n) is 4.60. The van der Waals surface area contributed by atoms with Crippen LogP contribution >= 0.6 is 22.6 Å². The Bertz CT molecular complexity index is 1190. The van der Waals surface area contributed by atoms with Gasteiger partial charge >= 0.3 is 0 Å². The Morgan fingerprint density at radius 1 is 0.545 bits per heavy atom. The average Bonchev–Trinajstić information content (AvgIpc) is 2.73. The first-order valence-corrected chi connectivity index (χ1v) is 13.5. The normalized spacial score (nSPS) is 11.2. The van der Waals surface area contributed by atoms with Gasteiger partial charge in [-0.1, -0.05) is 35.4 Å². The summed E-state index contributed by atoms with van der Waals surface area (Å²) in [4.78, 5) is 4.18. The Morgan fingerprint density at radius 2 is 0.909 bits per heavy atom. The summed E-state index contributed by atoms with van der Waals surface area (Å²) in [6, 6.07) is 26.1. The van der Waals surface area contributed by atoms with Gasteiger partial charge in [0.2, 0.25) is 0 Å². The Balaban J connectivity index is 1.81. The van der Waals surface area contributed by atoms with Gasteiger partial charge in [-0.05, 0) is 113 Å². The molecule has 0 fully saturated rings. The highest BCUT2D eigenvalue weighted by molar-refractivity contribution is 14.1. The van der Waals surface area contributed by atoms with Crippen LogP contribution in [-0.4, -0.2) is 0 Å². The van der Waals surface area contributed by atoms with E-state index in [0.29, 0.717) is 0 Å². The van der Waals surface area contributed by atoms with Gasteiger partial charge in [-0.25, -0.2) is 0 Å². The summed E-state index contributed by atoms with van der Waals surface area (Å²) in [5.41, 5.74) is 8.06. The van der Waals surface area contributed by atoms with E-state index in [9.17, 15) is 0 Å². The van der Waals surface area contributed by atoms with Gasteiger partial charge < -0.3 is 4.74 Å². The molecular weight excluding hydrogens is 535 g/mol. The zero-order valence-electron chi connectivity index (χ0n) is 20.1. The maximum absolute atomic E-state index is 6.11. The van der Waals surface area contributed by atoms with Crippen molar-refractivity contribution in [2.45, 2.75) is 56.2 Å². The lowest BCUT2D eigenvalue weighted by atomic mass is 10.1. The molecule has 0 amide bonds. The molecule has 33 heavy (non-hydrogen) atoms. The maximum Gasteiger partial charge on any atom is 0.172 e. The molecule has 0 aliphatic carbocycles. The predicted molar refractivity (Wildman–Crippen MR) is 149 cm³/mol. The molecule has 0 bridgehead atoms. The van der Waals surface area contributed by atoms with E-state index >= 15 is 0 Å². The van der Waals surface area contributed by atoms with Crippen LogP contribution in [-0.2, 0) is 10.9 Å². The van der Waals surface area contributed by atoms with Crippen LogP contribution in [0.1, 0.15) is 33.4 Å². The lowest BCUT2D eigenvalue weighted by Crippen LogP contribution is -2.12. The van der Waals surface area contributed by atoms with Crippen molar-refractivity contribution in [3.05, 3.63) is 110 Å². The summed E-state index contributed by atoms with van der Waals surface area (Å²) in [5.74, 6) is 1.72. The SMILES string of the molecule is Cc1cc(C)c([S+](c2ccc(Oc3ccc(I)cc3)cc2)c2c(C)cc(C)cc2C)c(C)c1. The van der Waals surface area contributed by atoms with Crippen molar-refractivity contribution < 1.29 is 4.74 Å². The van der Waals surface area contributed by atoms with Crippen LogP contribution in [0.15, 0.2) is 87.5 Å². The monoisotopic (exact) mass is 565 g/mol. The number of halogens is 1. The van der Waals surface area contributed by atoms with Crippen molar-refractivity contribution in [2.75, 3.05) is 0 Å². The lowest BCUT2D eigenvalue weighted by molar-refractivity contribution is 0.482. The summed E-state index contributed by atoms with van der Waals surface area (Å²) in [7, 11) is -0.192. The van der Waals surface area contributed by atoms with Gasteiger partial charge in [0.05, 0.1) is 0 Å². The van der Waals surface area contributed by atoms with Gasteiger partial charge in [0.15, 0.2) is 14.7 Å². The number of ether oxygens (including phenoxy) is 1. The molecule has 0 unspecified atom stereocenters. The molecule has 4 aromatic carbocycles. The molecule has 0 saturated carbocycles. The van der Waals surface area contributed by atoms with E-state index in [0.717, 1.165) is 11.5 Å². The minimum atomic E-state index is -0.192. The molecule has 168 valence electrons. The van der Waals surface area contributed by atoms with E-state index in [1.807, 2.05) is 12.1 Å². The first-order valence-electron chi connectivity index (χ1n) is 11.2. The fourth-order valence-corrected chi connectivity index (χ4v) is 7.56. The van der Waals surface area contributed by atoms with Crippen LogP contribution in [0.25, 0.3) is 0 Å². The second kappa shape index (κ2) is 9.94. The molecule has 0 atom stereocenters. The number of rotatable bonds is 5. The third-order valence-electron chi connectivity index (χ3n) is 5.73. The third-order valence-corrected chi connectivity index (χ3v) is 9.29. The number of hydrogen-bond donors (Lipinski definition) is 0. The smallest absolute Gasteiger partial charge is 0.172 e. The van der Waals surface area contributed by atoms with E-state index in [2.05, 4.69) is 125 Å². The Morgan fingerprint density at radius 3 is 1.30 bits per heavy atom. The Labute approximate surface area is 214 Å². The van der Waals surface area contributed by atoms with E-state index in [1.54, 1.807) is 0 Å². The van der Waals surface area contributed by atoms with Crippen LogP contribution < -0.4 is 4.74 Å². The molecule has 4 rings (SSSR count). The van der Waals surface area contributed by atoms with E-state index < -0.39 is 0 Å². The fraction of sp³-hybridized carbons (Fsp3) is 0.200. The molecule has 0 aromatic heterocycles.